The summed E-state index contributed by atoms with van der Waals surface area (Å²) >= 11 is 12.4. The lowest BCUT2D eigenvalue weighted by atomic mass is 9.68. The van der Waals surface area contributed by atoms with Crippen LogP contribution in [-0.2, 0) is 0 Å². The molecule has 2 fully saturated rings. The Kier molecular flexibility index (Phi) is 11.9. The SMILES string of the molecule is CC/C=C(C)/C(=C/C1=CC=C(C2=C=CC=C(Cl)C=C2)C1)SC(C)S.CC1CCC2CCCCC2C1. The van der Waals surface area contributed by atoms with E-state index in [9.17, 15) is 0 Å². The van der Waals surface area contributed by atoms with Crippen molar-refractivity contribution >= 4 is 36.0 Å². The molecular formula is C32H43ClS2. The minimum atomic E-state index is 0.273. The van der Waals surface area contributed by atoms with Crippen LogP contribution in [0.15, 0.2) is 86.6 Å². The van der Waals surface area contributed by atoms with Gasteiger partial charge >= 0.3 is 0 Å². The molecule has 2 saturated carbocycles. The Labute approximate surface area is 229 Å². The van der Waals surface area contributed by atoms with Gasteiger partial charge in [0, 0.05) is 20.1 Å². The number of fused-ring (bicyclic) bond motifs is 1. The maximum Gasteiger partial charge on any atom is 0.0491 e. The van der Waals surface area contributed by atoms with Gasteiger partial charge in [-0.25, -0.2) is 0 Å². The van der Waals surface area contributed by atoms with E-state index in [-0.39, 0.29) is 4.58 Å². The maximum atomic E-state index is 6.04. The molecule has 0 bridgehead atoms. The lowest BCUT2D eigenvalue weighted by Crippen LogP contribution is -2.26. The van der Waals surface area contributed by atoms with Gasteiger partial charge < -0.3 is 0 Å². The summed E-state index contributed by atoms with van der Waals surface area (Å²) in [6.07, 6.45) is 29.3. The van der Waals surface area contributed by atoms with Crippen molar-refractivity contribution in [3.63, 3.8) is 0 Å². The first kappa shape index (κ1) is 28.5. The van der Waals surface area contributed by atoms with Crippen LogP contribution in [0.5, 0.6) is 0 Å². The van der Waals surface area contributed by atoms with Crippen LogP contribution in [0.3, 0.4) is 0 Å². The Morgan fingerprint density at radius 1 is 1.14 bits per heavy atom. The van der Waals surface area contributed by atoms with Gasteiger partial charge in [-0.1, -0.05) is 75.8 Å². The molecule has 35 heavy (non-hydrogen) atoms. The number of rotatable bonds is 6. The fourth-order valence-corrected chi connectivity index (χ4v) is 6.94. The largest absolute Gasteiger partial charge is 0.165 e. The number of halogens is 1. The average Bonchev–Trinajstić information content (AvgIpc) is 3.18. The molecule has 190 valence electrons. The van der Waals surface area contributed by atoms with Crippen molar-refractivity contribution in [3.05, 3.63) is 86.6 Å². The zero-order chi connectivity index (χ0) is 25.2. The Morgan fingerprint density at radius 3 is 2.66 bits per heavy atom. The molecular weight excluding hydrogens is 484 g/mol. The van der Waals surface area contributed by atoms with Crippen LogP contribution in [0, 0.1) is 17.8 Å². The molecule has 4 aliphatic carbocycles. The predicted octanol–water partition coefficient (Wildman–Crippen LogP) is 10.9. The zero-order valence-corrected chi connectivity index (χ0v) is 24.5. The molecule has 4 aliphatic rings. The van der Waals surface area contributed by atoms with E-state index in [1.54, 1.807) is 37.4 Å². The van der Waals surface area contributed by atoms with E-state index < -0.39 is 0 Å². The maximum absolute atomic E-state index is 6.04. The lowest BCUT2D eigenvalue weighted by molar-refractivity contribution is 0.137. The van der Waals surface area contributed by atoms with Gasteiger partial charge in [-0.15, -0.1) is 17.5 Å². The third-order valence-corrected chi connectivity index (χ3v) is 9.05. The number of hydrogen-bond acceptors (Lipinski definition) is 2. The fraction of sp³-hybridized carbons (Fsp3) is 0.531. The van der Waals surface area contributed by atoms with E-state index in [0.717, 1.165) is 41.2 Å². The number of thioether (sulfide) groups is 1. The van der Waals surface area contributed by atoms with Crippen LogP contribution in [-0.4, -0.2) is 4.58 Å². The molecule has 0 aromatic rings. The lowest BCUT2D eigenvalue weighted by Gasteiger charge is -2.38. The molecule has 0 saturated heterocycles. The normalized spacial score (nSPS) is 27.5. The van der Waals surface area contributed by atoms with Crippen molar-refractivity contribution in [2.24, 2.45) is 17.8 Å². The Hall–Kier alpha value is -1.05. The summed E-state index contributed by atoms with van der Waals surface area (Å²) < 4.78 is 0.273. The van der Waals surface area contributed by atoms with E-state index in [1.165, 1.54) is 40.9 Å². The van der Waals surface area contributed by atoms with Crippen molar-refractivity contribution in [3.8, 4) is 0 Å². The van der Waals surface area contributed by atoms with Crippen molar-refractivity contribution in [1.82, 2.24) is 0 Å². The molecule has 0 N–H and O–H groups in total. The van der Waals surface area contributed by atoms with Crippen LogP contribution in [0.4, 0.5) is 0 Å². The van der Waals surface area contributed by atoms with Crippen LogP contribution >= 0.6 is 36.0 Å². The third-order valence-electron chi connectivity index (χ3n) is 7.44. The zero-order valence-electron chi connectivity index (χ0n) is 22.0. The highest BCUT2D eigenvalue weighted by molar-refractivity contribution is 8.13. The first-order valence-corrected chi connectivity index (χ1v) is 15.3. The van der Waals surface area contributed by atoms with Gasteiger partial charge in [0.1, 0.15) is 0 Å². The van der Waals surface area contributed by atoms with E-state index in [0.29, 0.717) is 0 Å². The molecule has 0 aromatic carbocycles. The van der Waals surface area contributed by atoms with Gasteiger partial charge in [-0.3, -0.25) is 0 Å². The summed E-state index contributed by atoms with van der Waals surface area (Å²) in [5, 5.41) is 0.728. The van der Waals surface area contributed by atoms with E-state index in [2.05, 4.69) is 70.4 Å². The Bertz CT molecular complexity index is 979. The Morgan fingerprint density at radius 2 is 1.91 bits per heavy atom. The van der Waals surface area contributed by atoms with Crippen molar-refractivity contribution in [2.75, 3.05) is 0 Å². The summed E-state index contributed by atoms with van der Waals surface area (Å²) in [6.45, 7) is 8.89. The molecule has 4 unspecified atom stereocenters. The number of hydrogen-bond donors (Lipinski definition) is 1. The number of allylic oxidation sites excluding steroid dienone is 12. The van der Waals surface area contributed by atoms with Crippen molar-refractivity contribution < 1.29 is 0 Å². The van der Waals surface area contributed by atoms with Crippen LogP contribution < -0.4 is 0 Å². The molecule has 0 nitrogen and oxygen atoms in total. The molecule has 0 aliphatic heterocycles. The predicted molar refractivity (Wildman–Crippen MR) is 162 cm³/mol. The van der Waals surface area contributed by atoms with Crippen LogP contribution in [0.2, 0.25) is 0 Å². The monoisotopic (exact) mass is 526 g/mol. The smallest absolute Gasteiger partial charge is 0.0491 e. The van der Waals surface area contributed by atoms with E-state index in [1.807, 2.05) is 24.3 Å². The molecule has 0 amide bonds. The summed E-state index contributed by atoms with van der Waals surface area (Å²) in [7, 11) is 0. The highest BCUT2D eigenvalue weighted by Crippen LogP contribution is 2.42. The number of thiol groups is 1. The van der Waals surface area contributed by atoms with Crippen LogP contribution in [0.1, 0.15) is 85.5 Å². The molecule has 3 heteroatoms. The highest BCUT2D eigenvalue weighted by Gasteiger charge is 2.30. The first-order chi connectivity index (χ1) is 16.9. The summed E-state index contributed by atoms with van der Waals surface area (Å²) in [5.41, 5.74) is 8.30. The van der Waals surface area contributed by atoms with Gasteiger partial charge in [0.05, 0.1) is 0 Å². The quantitative estimate of drug-likeness (QED) is 0.155. The molecule has 0 spiro atoms. The van der Waals surface area contributed by atoms with Crippen LogP contribution in [0.25, 0.3) is 0 Å². The average molecular weight is 527 g/mol. The highest BCUT2D eigenvalue weighted by atomic mass is 35.5. The summed E-state index contributed by atoms with van der Waals surface area (Å²) in [6, 6.07) is 0. The standard InChI is InChI=1S/C21H23ClS2.C11H20/c1-4-6-15(2)21(24-16(3)23)14-17-9-10-19(13-17)18-7-5-8-20(22)12-11-18;1-9-6-7-10-4-2-3-5-11(10)8-9/h5-6,8-12,14,16,23H,4,13H2,1-3H3;9-11H,2-8H2,1H3/b15-6+,21-14-;. The topological polar surface area (TPSA) is 0 Å². The van der Waals surface area contributed by atoms with Gasteiger partial charge in [-0.2, -0.15) is 12.6 Å². The molecule has 0 aromatic heterocycles. The fourth-order valence-electron chi connectivity index (χ4n) is 5.61. The van der Waals surface area contributed by atoms with Crippen molar-refractivity contribution in [1.29, 1.82) is 0 Å². The third kappa shape index (κ3) is 9.40. The Balaban J connectivity index is 0.000000256. The second-order valence-corrected chi connectivity index (χ2v) is 13.4. The first-order valence-electron chi connectivity index (χ1n) is 13.5. The van der Waals surface area contributed by atoms with Gasteiger partial charge in [-0.05, 0) is 104 Å². The second kappa shape index (κ2) is 14.6. The molecule has 0 radical (unpaired) electrons. The summed E-state index contributed by atoms with van der Waals surface area (Å²) in [4.78, 5) is 1.30. The van der Waals surface area contributed by atoms with Gasteiger partial charge in [0.2, 0.25) is 0 Å². The van der Waals surface area contributed by atoms with E-state index >= 15 is 0 Å². The molecule has 0 heterocycles. The minimum Gasteiger partial charge on any atom is -0.165 e. The van der Waals surface area contributed by atoms with Gasteiger partial charge in [0.15, 0.2) is 0 Å². The minimum absolute atomic E-state index is 0.273. The second-order valence-electron chi connectivity index (χ2n) is 10.5. The molecule has 4 atom stereocenters. The van der Waals surface area contributed by atoms with Crippen molar-refractivity contribution in [2.45, 2.75) is 90.1 Å². The summed E-state index contributed by atoms with van der Waals surface area (Å²) in [5.74, 6) is 3.31. The molecule has 4 rings (SSSR count). The van der Waals surface area contributed by atoms with E-state index in [4.69, 9.17) is 11.6 Å². The van der Waals surface area contributed by atoms with Gasteiger partial charge in [0.25, 0.3) is 0 Å².